The zero-order chi connectivity index (χ0) is 18.5. The molecule has 0 spiro atoms. The maximum Gasteiger partial charge on any atom is 0.231 e. The van der Waals surface area contributed by atoms with Crippen molar-refractivity contribution in [2.75, 3.05) is 6.79 Å². The van der Waals surface area contributed by atoms with E-state index in [1.54, 1.807) is 12.1 Å². The van der Waals surface area contributed by atoms with Crippen LogP contribution in [0.15, 0.2) is 66.7 Å². The van der Waals surface area contributed by atoms with E-state index in [1.165, 1.54) is 12.1 Å². The molecule has 4 rings (SSSR count). The normalized spacial score (nSPS) is 11.8. The van der Waals surface area contributed by atoms with Gasteiger partial charge in [0.25, 0.3) is 0 Å². The lowest BCUT2D eigenvalue weighted by molar-refractivity contribution is 0.174. The molecular weight excluding hydrogens is 381 g/mol. The molecule has 0 bridgehead atoms. The van der Waals surface area contributed by atoms with Crippen LogP contribution in [0.2, 0.25) is 0 Å². The number of fused-ring (bicyclic) bond motifs is 1. The summed E-state index contributed by atoms with van der Waals surface area (Å²) in [5, 5.41) is 3.42. The minimum Gasteiger partial charge on any atom is -0.489 e. The summed E-state index contributed by atoms with van der Waals surface area (Å²) >= 11 is 0. The molecular formula is C22H21ClFNO3. The Labute approximate surface area is 169 Å². The van der Waals surface area contributed by atoms with Crippen molar-refractivity contribution in [3.05, 3.63) is 89.2 Å². The van der Waals surface area contributed by atoms with Crippen molar-refractivity contribution in [2.24, 2.45) is 0 Å². The Bertz CT molecular complexity index is 918. The van der Waals surface area contributed by atoms with Crippen LogP contribution in [0.1, 0.15) is 16.7 Å². The molecule has 3 aromatic carbocycles. The summed E-state index contributed by atoms with van der Waals surface area (Å²) in [6.45, 7) is 2.16. The Hall–Kier alpha value is -2.76. The average Bonchev–Trinajstić information content (AvgIpc) is 3.16. The van der Waals surface area contributed by atoms with E-state index in [2.05, 4.69) is 11.4 Å². The minimum absolute atomic E-state index is 0. The summed E-state index contributed by atoms with van der Waals surface area (Å²) in [6, 6.07) is 20.3. The molecule has 6 heteroatoms. The zero-order valence-electron chi connectivity index (χ0n) is 15.2. The summed E-state index contributed by atoms with van der Waals surface area (Å²) in [5.74, 6) is 2.14. The van der Waals surface area contributed by atoms with Gasteiger partial charge in [-0.15, -0.1) is 12.4 Å². The lowest BCUT2D eigenvalue weighted by atomic mass is 10.2. The first kappa shape index (κ1) is 20.0. The highest BCUT2D eigenvalue weighted by atomic mass is 35.5. The third kappa shape index (κ3) is 5.15. The van der Waals surface area contributed by atoms with E-state index >= 15 is 0 Å². The molecule has 3 aromatic rings. The molecule has 0 unspecified atom stereocenters. The topological polar surface area (TPSA) is 39.7 Å². The largest absolute Gasteiger partial charge is 0.489 e. The van der Waals surface area contributed by atoms with Gasteiger partial charge in [0.2, 0.25) is 6.79 Å². The number of benzene rings is 3. The second-order valence-electron chi connectivity index (χ2n) is 6.35. The van der Waals surface area contributed by atoms with Gasteiger partial charge in [-0.3, -0.25) is 0 Å². The fourth-order valence-corrected chi connectivity index (χ4v) is 2.89. The van der Waals surface area contributed by atoms with Crippen molar-refractivity contribution in [1.29, 1.82) is 0 Å². The monoisotopic (exact) mass is 401 g/mol. The van der Waals surface area contributed by atoms with E-state index in [-0.39, 0.29) is 25.0 Å². The number of nitrogens with one attached hydrogen (secondary N) is 1. The maximum absolute atomic E-state index is 12.9. The highest BCUT2D eigenvalue weighted by molar-refractivity contribution is 5.85. The molecule has 1 N–H and O–H groups in total. The summed E-state index contributed by atoms with van der Waals surface area (Å²) < 4.78 is 29.5. The zero-order valence-corrected chi connectivity index (χ0v) is 16.0. The van der Waals surface area contributed by atoms with Crippen LogP contribution in [0, 0.1) is 5.82 Å². The molecule has 146 valence electrons. The summed E-state index contributed by atoms with van der Waals surface area (Å²) in [4.78, 5) is 0. The predicted molar refractivity (Wildman–Crippen MR) is 108 cm³/mol. The maximum atomic E-state index is 12.9. The van der Waals surface area contributed by atoms with Gasteiger partial charge in [0.1, 0.15) is 18.2 Å². The van der Waals surface area contributed by atoms with Gasteiger partial charge >= 0.3 is 0 Å². The highest BCUT2D eigenvalue weighted by Crippen LogP contribution is 2.32. The molecule has 0 aromatic heterocycles. The number of ether oxygens (including phenoxy) is 3. The van der Waals surface area contributed by atoms with E-state index in [1.807, 2.05) is 36.4 Å². The van der Waals surface area contributed by atoms with Crippen LogP contribution < -0.4 is 19.5 Å². The van der Waals surface area contributed by atoms with Crippen LogP contribution in [0.5, 0.6) is 17.2 Å². The quantitative estimate of drug-likeness (QED) is 0.614. The smallest absolute Gasteiger partial charge is 0.231 e. The molecule has 0 atom stereocenters. The average molecular weight is 402 g/mol. The lowest BCUT2D eigenvalue weighted by Crippen LogP contribution is -2.12. The Kier molecular flexibility index (Phi) is 6.74. The van der Waals surface area contributed by atoms with Gasteiger partial charge in [0.15, 0.2) is 11.5 Å². The first-order valence-electron chi connectivity index (χ1n) is 8.82. The number of hydrogen-bond acceptors (Lipinski definition) is 4. The molecule has 0 amide bonds. The van der Waals surface area contributed by atoms with Crippen LogP contribution >= 0.6 is 12.4 Å². The molecule has 4 nitrogen and oxygen atoms in total. The van der Waals surface area contributed by atoms with Crippen LogP contribution in [0.4, 0.5) is 4.39 Å². The van der Waals surface area contributed by atoms with Gasteiger partial charge in [0.05, 0.1) is 0 Å². The summed E-state index contributed by atoms with van der Waals surface area (Å²) in [7, 11) is 0. The van der Waals surface area contributed by atoms with Crippen LogP contribution in [-0.4, -0.2) is 6.79 Å². The van der Waals surface area contributed by atoms with Crippen LogP contribution in [0.3, 0.4) is 0 Å². The fraction of sp³-hybridized carbons (Fsp3) is 0.182. The number of rotatable bonds is 7. The molecule has 1 heterocycles. The van der Waals surface area contributed by atoms with Crippen molar-refractivity contribution >= 4 is 12.4 Å². The Morgan fingerprint density at radius 2 is 1.54 bits per heavy atom. The van der Waals surface area contributed by atoms with Gasteiger partial charge in [-0.05, 0) is 53.1 Å². The molecule has 0 saturated heterocycles. The third-order valence-corrected chi connectivity index (χ3v) is 4.31. The molecule has 0 saturated carbocycles. The molecule has 0 aliphatic carbocycles. The molecule has 0 radical (unpaired) electrons. The first-order valence-corrected chi connectivity index (χ1v) is 8.82. The molecule has 1 aliphatic heterocycles. The van der Waals surface area contributed by atoms with Crippen molar-refractivity contribution in [3.8, 4) is 17.2 Å². The number of halogens is 2. The molecule has 1 aliphatic rings. The molecule has 0 fully saturated rings. The summed E-state index contributed by atoms with van der Waals surface area (Å²) in [6.07, 6.45) is 0. The van der Waals surface area contributed by atoms with E-state index in [0.29, 0.717) is 6.61 Å². The van der Waals surface area contributed by atoms with Gasteiger partial charge < -0.3 is 19.5 Å². The predicted octanol–water partition coefficient (Wildman–Crippen LogP) is 4.85. The van der Waals surface area contributed by atoms with Gasteiger partial charge in [0, 0.05) is 13.1 Å². The van der Waals surface area contributed by atoms with Gasteiger partial charge in [-0.2, -0.15) is 0 Å². The fourth-order valence-electron chi connectivity index (χ4n) is 2.89. The number of hydrogen-bond donors (Lipinski definition) is 1. The standard InChI is InChI=1S/C22H20FNO3.ClH/c23-19-7-4-16(5-8-19)14-25-20-3-1-2-17(10-20)12-24-13-18-6-9-21-22(11-18)27-15-26-21;/h1-11,24H,12-15H2;1H. The van der Waals surface area contributed by atoms with Crippen molar-refractivity contribution < 1.29 is 18.6 Å². The third-order valence-electron chi connectivity index (χ3n) is 4.31. The van der Waals surface area contributed by atoms with Crippen LogP contribution in [0.25, 0.3) is 0 Å². The Morgan fingerprint density at radius 3 is 2.36 bits per heavy atom. The Morgan fingerprint density at radius 1 is 0.821 bits per heavy atom. The van der Waals surface area contributed by atoms with E-state index in [4.69, 9.17) is 14.2 Å². The van der Waals surface area contributed by atoms with Crippen molar-refractivity contribution in [1.82, 2.24) is 5.32 Å². The first-order chi connectivity index (χ1) is 13.3. The van der Waals surface area contributed by atoms with Gasteiger partial charge in [-0.25, -0.2) is 4.39 Å². The molecule has 28 heavy (non-hydrogen) atoms. The van der Waals surface area contributed by atoms with Gasteiger partial charge in [-0.1, -0.05) is 30.3 Å². The van der Waals surface area contributed by atoms with E-state index in [0.717, 1.165) is 47.0 Å². The summed E-state index contributed by atoms with van der Waals surface area (Å²) in [5.41, 5.74) is 3.21. The Balaban J connectivity index is 0.00000225. The second kappa shape index (κ2) is 9.44. The van der Waals surface area contributed by atoms with E-state index in [9.17, 15) is 4.39 Å². The van der Waals surface area contributed by atoms with Crippen LogP contribution in [-0.2, 0) is 19.7 Å². The SMILES string of the molecule is Cl.Fc1ccc(COc2cccc(CNCc3ccc4c(c3)OCO4)c2)cc1. The van der Waals surface area contributed by atoms with Crippen molar-refractivity contribution in [3.63, 3.8) is 0 Å². The second-order valence-corrected chi connectivity index (χ2v) is 6.35. The van der Waals surface area contributed by atoms with Crippen molar-refractivity contribution in [2.45, 2.75) is 19.7 Å². The highest BCUT2D eigenvalue weighted by Gasteiger charge is 2.12. The van der Waals surface area contributed by atoms with E-state index < -0.39 is 0 Å². The minimum atomic E-state index is -0.241. The lowest BCUT2D eigenvalue weighted by Gasteiger charge is -2.10.